The van der Waals surface area contributed by atoms with Crippen molar-refractivity contribution in [1.82, 2.24) is 10.6 Å². The van der Waals surface area contributed by atoms with Crippen LogP contribution in [0.4, 0.5) is 0 Å². The van der Waals surface area contributed by atoms with Gasteiger partial charge >= 0.3 is 83.6 Å². The van der Waals surface area contributed by atoms with E-state index in [9.17, 15) is 67.1 Å². The Hall–Kier alpha value is -11.3. The summed E-state index contributed by atoms with van der Waals surface area (Å²) in [7, 11) is 0. The molecule has 0 fully saturated rings. The minimum atomic E-state index is -0.807. The van der Waals surface area contributed by atoms with Crippen LogP contribution in [0.3, 0.4) is 0 Å². The van der Waals surface area contributed by atoms with Gasteiger partial charge < -0.3 is 66.3 Å². The standard InChI is InChI=1S/C11H16O6.C10H14O6.C8H15NO2.C7H13NO2.3C7H12O2.3C6H10O2.2CHNO.28CH4/c1-4-5-15-9(12)6-10(13)16-7-17-11(14)8(2)3;1-3-5-14-9(12)6-10(13)16-7-15-8(11)4-2;1-4-5-9-6-11-8(10)7(2)3;1-3-5-8-6-10-7(9)4-2;3*1-4-5-9-7(8)6(2)3;3*1-3-5-8-6(7)4-2;2*2-1-3;;;;;;;;;;;;;;;;;;;;;;;;;;;;/h2,4-7H2,1,3H3;4H,2-3,5-7H2,1H3;9H,2,4-6H2,1,3H3;4,8H,2-3,5-6H2,1H3;3*2,4-5H2,1,3H3;3*4H,2-3,5H2,1H3;2*2H;28*1H4. The molecule has 0 aliphatic carbocycles. The van der Waals surface area contributed by atoms with Crippen LogP contribution >= 0.6 is 0 Å². The molecule has 0 spiro atoms. The van der Waals surface area contributed by atoms with Crippen molar-refractivity contribution in [2.75, 3.05) is 93.0 Å². The summed E-state index contributed by atoms with van der Waals surface area (Å²) < 4.78 is 64.4. The maximum Gasteiger partial charge on any atom is 0.335 e. The van der Waals surface area contributed by atoms with E-state index in [0.717, 1.165) is 107 Å². The Labute approximate surface area is 862 Å². The van der Waals surface area contributed by atoms with Crippen LogP contribution in [0.1, 0.15) is 389 Å². The molecule has 0 rings (SSSR count). The quantitative estimate of drug-likeness (QED) is 0.00644. The van der Waals surface area contributed by atoms with E-state index in [-0.39, 0.29) is 288 Å². The smallest absolute Gasteiger partial charge is 0.335 e. The van der Waals surface area contributed by atoms with Crippen LogP contribution in [0.25, 0.3) is 0 Å². The van der Waals surface area contributed by atoms with Crippen molar-refractivity contribution in [2.45, 2.75) is 389 Å². The fourth-order valence-electron chi connectivity index (χ4n) is 4.01. The topological polar surface area (TPSA) is 474 Å². The van der Waals surface area contributed by atoms with Crippen LogP contribution in [0.2, 0.25) is 0 Å². The van der Waals surface area contributed by atoms with E-state index in [2.05, 4.69) is 124 Å². The molecular formula is C105H238N4O30. The highest BCUT2D eigenvalue weighted by Gasteiger charge is 2.14. The number of nitrogens with one attached hydrogen (secondary N) is 4. The van der Waals surface area contributed by atoms with Crippen LogP contribution in [0.5, 0.6) is 0 Å². The first kappa shape index (κ1) is 267. The largest absolute Gasteiger partial charge is 0.465 e. The van der Waals surface area contributed by atoms with E-state index >= 15 is 0 Å². The van der Waals surface area contributed by atoms with Gasteiger partial charge in [-0.25, -0.2) is 68.4 Å². The summed E-state index contributed by atoms with van der Waals surface area (Å²) in [5.41, 5.74) is 2.02. The molecule has 0 aromatic rings. The van der Waals surface area contributed by atoms with Crippen LogP contribution < -0.4 is 10.6 Å². The molecule has 0 aromatic carbocycles. The highest BCUT2D eigenvalue weighted by Crippen LogP contribution is 1.99. The van der Waals surface area contributed by atoms with Crippen molar-refractivity contribution in [1.29, 1.82) is 10.8 Å². The lowest BCUT2D eigenvalue weighted by Gasteiger charge is -2.06. The Kier molecular flexibility index (Phi) is 428. The SMILES string of the molecule is C.C.C.C.C.C.C.C.C.C.C.C.C.C.C.C.C.C.C.C.C.C.C.C.C.C.C.C.C=C(C)C(=O)OCCC.C=C(C)C(=O)OCCC.C=C(C)C(=O)OCCC.C=C(C)C(=O)OCNCCC.C=C(C)C(=O)OCOC(=O)CC(=O)OCCC.C=CC(=O)OCCC.C=CC(=O)OCCC.C=CC(=O)OCCC.C=CC(=O)OCNCCC.C=CC(=O)OCOC(=O)CC(=O)OCCC.N=C=O.N=C=O. The Morgan fingerprint density at radius 3 is 0.568 bits per heavy atom. The van der Waals surface area contributed by atoms with Crippen molar-refractivity contribution in [3.05, 3.63) is 124 Å². The predicted octanol–water partition coefficient (Wildman–Crippen LogP) is 28.8. The summed E-state index contributed by atoms with van der Waals surface area (Å²) in [5, 5.41) is 16.7. The summed E-state index contributed by atoms with van der Waals surface area (Å²) in [6.45, 7) is 65.3. The maximum atomic E-state index is 11.0. The number of hydrogen-bond donors (Lipinski definition) is 4. The molecule has 0 aliphatic rings. The number of hydrogen-bond acceptors (Lipinski definition) is 34. The van der Waals surface area contributed by atoms with E-state index in [4.69, 9.17) is 39.4 Å². The first-order chi connectivity index (χ1) is 52.3. The number of carbonyl (C=O) groups is 14. The van der Waals surface area contributed by atoms with Crippen molar-refractivity contribution in [2.24, 2.45) is 0 Å². The van der Waals surface area contributed by atoms with Gasteiger partial charge in [0.05, 0.1) is 52.9 Å². The van der Waals surface area contributed by atoms with Crippen LogP contribution in [-0.4, -0.2) is 189 Å². The van der Waals surface area contributed by atoms with Crippen LogP contribution in [-0.2, 0) is 143 Å². The van der Waals surface area contributed by atoms with Gasteiger partial charge in [-0.2, -0.15) is 0 Å². The van der Waals surface area contributed by atoms with E-state index < -0.39 is 62.2 Å². The third kappa shape index (κ3) is 288. The molecule has 0 unspecified atom stereocenters. The van der Waals surface area contributed by atoms with Gasteiger partial charge in [0.2, 0.25) is 25.7 Å². The molecule has 0 radical (unpaired) electrons. The van der Waals surface area contributed by atoms with Gasteiger partial charge in [0.25, 0.3) is 0 Å². The third-order valence-corrected chi connectivity index (χ3v) is 9.05. The average molecular weight is 2040 g/mol. The molecule has 34 heteroatoms. The molecule has 0 aliphatic heterocycles. The molecule has 0 amide bonds. The Bertz CT molecular complexity index is 2630. The van der Waals surface area contributed by atoms with Crippen molar-refractivity contribution < 1.29 is 143 Å². The summed E-state index contributed by atoms with van der Waals surface area (Å²) in [6, 6.07) is 0. The minimum absolute atomic E-state index is 0. The molecule has 0 saturated carbocycles. The van der Waals surface area contributed by atoms with Gasteiger partial charge in [0.15, 0.2) is 0 Å². The number of isocyanates is 2. The number of ether oxygens (including phenoxy) is 14. The molecule has 4 N–H and O–H groups in total. The molecule has 0 aromatic heterocycles. The van der Waals surface area contributed by atoms with Gasteiger partial charge in [-0.15, -0.1) is 0 Å². The lowest BCUT2D eigenvalue weighted by atomic mass is 10.4. The Morgan fingerprint density at radius 1 is 0.230 bits per heavy atom. The molecule has 0 bridgehead atoms. The zero-order valence-electron chi connectivity index (χ0n) is 68.1. The van der Waals surface area contributed by atoms with Crippen molar-refractivity contribution in [3.63, 3.8) is 0 Å². The second-order valence-corrected chi connectivity index (χ2v) is 20.2. The number of esters is 14. The molecule has 858 valence electrons. The molecule has 139 heavy (non-hydrogen) atoms. The Balaban J connectivity index is -0.0000000202. The van der Waals surface area contributed by atoms with Crippen molar-refractivity contribution >= 4 is 95.7 Å². The second-order valence-electron chi connectivity index (χ2n) is 20.2. The predicted molar refractivity (Wildman–Crippen MR) is 602 cm³/mol. The Morgan fingerprint density at radius 2 is 0.381 bits per heavy atom. The minimum Gasteiger partial charge on any atom is -0.465 e. The molecule has 34 nitrogen and oxygen atoms in total. The fraction of sp³-hybridized carbons (Fsp3) is 0.657. The zero-order chi connectivity index (χ0) is 88.6. The lowest BCUT2D eigenvalue weighted by Crippen LogP contribution is -2.21. The van der Waals surface area contributed by atoms with Gasteiger partial charge in [-0.05, 0) is 112 Å². The maximum absolute atomic E-state index is 11.0. The molecule has 0 saturated heterocycles. The van der Waals surface area contributed by atoms with E-state index in [1.54, 1.807) is 27.7 Å². The highest BCUT2D eigenvalue weighted by molar-refractivity contribution is 5.92. The van der Waals surface area contributed by atoms with Crippen LogP contribution in [0.15, 0.2) is 124 Å². The monoisotopic (exact) mass is 2040 g/mol. The summed E-state index contributed by atoms with van der Waals surface area (Å²) >= 11 is 0. The zero-order valence-corrected chi connectivity index (χ0v) is 68.1. The van der Waals surface area contributed by atoms with E-state index in [1.165, 1.54) is 6.92 Å². The summed E-state index contributed by atoms with van der Waals surface area (Å²) in [4.78, 5) is 166. The third-order valence-electron chi connectivity index (χ3n) is 9.05. The lowest BCUT2D eigenvalue weighted by molar-refractivity contribution is -0.169. The van der Waals surface area contributed by atoms with E-state index in [0.29, 0.717) is 74.8 Å². The fourth-order valence-corrected chi connectivity index (χ4v) is 4.01. The molecule has 0 heterocycles. The average Bonchev–Trinajstić information content (AvgIpc) is 0.976. The van der Waals surface area contributed by atoms with Crippen LogP contribution in [0, 0.1) is 10.8 Å². The van der Waals surface area contributed by atoms with Gasteiger partial charge in [0, 0.05) is 58.2 Å². The number of rotatable bonds is 42. The molecule has 0 atom stereocenters. The van der Waals surface area contributed by atoms with Gasteiger partial charge in [-0.1, -0.05) is 343 Å². The number of carbonyl (C=O) groups excluding carboxylic acids is 16. The summed E-state index contributed by atoms with van der Waals surface area (Å²) in [5.74, 6) is -6.94. The first-order valence-electron chi connectivity index (χ1n) is 34.6. The normalized spacial score (nSPS) is 6.76. The van der Waals surface area contributed by atoms with Gasteiger partial charge in [0.1, 0.15) is 26.3 Å². The summed E-state index contributed by atoms with van der Waals surface area (Å²) in [6.07, 6.45) is 14.7. The van der Waals surface area contributed by atoms with Gasteiger partial charge in [-0.3, -0.25) is 29.8 Å². The first-order valence-corrected chi connectivity index (χ1v) is 34.6. The molecular weight excluding hydrogens is 1800 g/mol. The second kappa shape index (κ2) is 223. The van der Waals surface area contributed by atoms with E-state index in [1.807, 2.05) is 69.2 Å². The van der Waals surface area contributed by atoms with Crippen molar-refractivity contribution in [3.8, 4) is 0 Å². The highest BCUT2D eigenvalue weighted by atomic mass is 16.7.